The average molecular weight is 290 g/mol. The Bertz CT molecular complexity index is 647. The van der Waals surface area contributed by atoms with Gasteiger partial charge in [0.25, 0.3) is 11.7 Å². The fourth-order valence-electron chi connectivity index (χ4n) is 2.79. The molecule has 1 aliphatic carbocycles. The van der Waals surface area contributed by atoms with Crippen LogP contribution in [0.2, 0.25) is 0 Å². The molecule has 0 saturated heterocycles. The molecule has 7 heteroatoms. The van der Waals surface area contributed by atoms with Crippen LogP contribution in [0.5, 0.6) is 0 Å². The van der Waals surface area contributed by atoms with Gasteiger partial charge in [-0.2, -0.15) is 4.98 Å². The van der Waals surface area contributed by atoms with Gasteiger partial charge in [-0.05, 0) is 38.8 Å². The molecule has 0 aliphatic heterocycles. The lowest BCUT2D eigenvalue weighted by molar-refractivity contribution is -0.384. The Morgan fingerprint density at radius 3 is 2.67 bits per heavy atom. The van der Waals surface area contributed by atoms with Gasteiger partial charge in [0.15, 0.2) is 5.58 Å². The lowest BCUT2D eigenvalue weighted by Crippen LogP contribution is -2.35. The number of hydrogen-bond donors (Lipinski definition) is 2. The van der Waals surface area contributed by atoms with E-state index in [1.165, 1.54) is 12.1 Å². The molecule has 1 fully saturated rings. The summed E-state index contributed by atoms with van der Waals surface area (Å²) in [5.74, 6) is 0. The predicted octanol–water partition coefficient (Wildman–Crippen LogP) is 2.68. The molecule has 1 saturated carbocycles. The van der Waals surface area contributed by atoms with E-state index < -0.39 is 4.92 Å². The van der Waals surface area contributed by atoms with Crippen LogP contribution in [0.1, 0.15) is 25.7 Å². The van der Waals surface area contributed by atoms with Crippen molar-refractivity contribution in [3.05, 3.63) is 28.3 Å². The minimum Gasteiger partial charge on any atom is -0.423 e. The first kappa shape index (κ1) is 13.8. The number of anilines is 1. The molecular weight excluding hydrogens is 272 g/mol. The fraction of sp³-hybridized carbons (Fsp3) is 0.500. The quantitative estimate of drug-likeness (QED) is 0.664. The monoisotopic (exact) mass is 290 g/mol. The lowest BCUT2D eigenvalue weighted by Gasteiger charge is -2.28. The summed E-state index contributed by atoms with van der Waals surface area (Å²) in [6.45, 7) is 0. The van der Waals surface area contributed by atoms with Crippen molar-refractivity contribution >= 4 is 22.8 Å². The van der Waals surface area contributed by atoms with E-state index in [0.29, 0.717) is 29.2 Å². The van der Waals surface area contributed by atoms with E-state index in [1.807, 2.05) is 7.05 Å². The Balaban J connectivity index is 1.71. The maximum atomic E-state index is 10.7. The first-order chi connectivity index (χ1) is 10.2. The highest BCUT2D eigenvalue weighted by Crippen LogP contribution is 2.26. The molecule has 0 amide bonds. The molecule has 1 heterocycles. The number of nitrogens with one attached hydrogen (secondary N) is 2. The van der Waals surface area contributed by atoms with E-state index in [2.05, 4.69) is 15.6 Å². The molecule has 1 aliphatic rings. The second-order valence-electron chi connectivity index (χ2n) is 5.41. The molecule has 0 radical (unpaired) electrons. The third-order valence-corrected chi connectivity index (χ3v) is 4.05. The molecular formula is C14H18N4O3. The maximum Gasteiger partial charge on any atom is 0.295 e. The van der Waals surface area contributed by atoms with Gasteiger partial charge in [-0.1, -0.05) is 0 Å². The van der Waals surface area contributed by atoms with Crippen LogP contribution in [0.4, 0.5) is 11.7 Å². The number of nitrogens with zero attached hydrogens (tertiary/aromatic N) is 2. The number of oxazole rings is 1. The zero-order chi connectivity index (χ0) is 14.8. The second-order valence-corrected chi connectivity index (χ2v) is 5.41. The number of rotatable bonds is 4. The minimum atomic E-state index is -0.436. The summed E-state index contributed by atoms with van der Waals surface area (Å²) >= 11 is 0. The van der Waals surface area contributed by atoms with Gasteiger partial charge in [-0.25, -0.2) is 0 Å². The fourth-order valence-corrected chi connectivity index (χ4v) is 2.79. The third-order valence-electron chi connectivity index (χ3n) is 4.05. The summed E-state index contributed by atoms with van der Waals surface area (Å²) in [7, 11) is 1.99. The molecule has 112 valence electrons. The normalized spacial score (nSPS) is 22.3. The Morgan fingerprint density at radius 1 is 1.29 bits per heavy atom. The van der Waals surface area contributed by atoms with Gasteiger partial charge in [0.2, 0.25) is 0 Å². The standard InChI is InChI=1S/C14H18N4O3/c1-15-9-2-4-10(5-3-9)16-14-17-12-7-6-11(18(19)20)8-13(12)21-14/h6-10,15H,2-5H2,1H3,(H,16,17). The lowest BCUT2D eigenvalue weighted by atomic mass is 9.91. The Kier molecular flexibility index (Phi) is 3.74. The first-order valence-electron chi connectivity index (χ1n) is 7.14. The molecule has 0 spiro atoms. The van der Waals surface area contributed by atoms with Crippen LogP contribution in [-0.2, 0) is 0 Å². The van der Waals surface area contributed by atoms with Crippen molar-refractivity contribution < 1.29 is 9.34 Å². The van der Waals surface area contributed by atoms with Crippen molar-refractivity contribution in [2.75, 3.05) is 12.4 Å². The van der Waals surface area contributed by atoms with Crippen molar-refractivity contribution in [3.63, 3.8) is 0 Å². The Labute approximate surface area is 121 Å². The van der Waals surface area contributed by atoms with Crippen LogP contribution < -0.4 is 10.6 Å². The van der Waals surface area contributed by atoms with E-state index in [9.17, 15) is 10.1 Å². The van der Waals surface area contributed by atoms with Crippen molar-refractivity contribution in [3.8, 4) is 0 Å². The van der Waals surface area contributed by atoms with Crippen LogP contribution in [-0.4, -0.2) is 29.0 Å². The van der Waals surface area contributed by atoms with Gasteiger partial charge < -0.3 is 15.1 Å². The van der Waals surface area contributed by atoms with E-state index in [0.717, 1.165) is 25.7 Å². The zero-order valence-electron chi connectivity index (χ0n) is 11.8. The highest BCUT2D eigenvalue weighted by Gasteiger charge is 2.21. The number of non-ortho nitro benzene ring substituents is 1. The summed E-state index contributed by atoms with van der Waals surface area (Å²) in [6.07, 6.45) is 4.37. The van der Waals surface area contributed by atoms with Crippen LogP contribution in [0.3, 0.4) is 0 Å². The maximum absolute atomic E-state index is 10.7. The predicted molar refractivity (Wildman–Crippen MR) is 79.4 cm³/mol. The average Bonchev–Trinajstić information content (AvgIpc) is 2.89. The molecule has 0 atom stereocenters. The van der Waals surface area contributed by atoms with Crippen LogP contribution in [0, 0.1) is 10.1 Å². The second kappa shape index (κ2) is 5.69. The summed E-state index contributed by atoms with van der Waals surface area (Å²) in [4.78, 5) is 14.6. The van der Waals surface area contributed by atoms with Gasteiger partial charge in [0.1, 0.15) is 5.52 Å². The summed E-state index contributed by atoms with van der Waals surface area (Å²) in [5.41, 5.74) is 1.09. The Morgan fingerprint density at radius 2 is 2.00 bits per heavy atom. The molecule has 1 aromatic heterocycles. The molecule has 0 unspecified atom stereocenters. The van der Waals surface area contributed by atoms with Crippen LogP contribution >= 0.6 is 0 Å². The third kappa shape index (κ3) is 2.97. The molecule has 2 aromatic rings. The van der Waals surface area contributed by atoms with E-state index >= 15 is 0 Å². The van der Waals surface area contributed by atoms with Gasteiger partial charge in [-0.15, -0.1) is 0 Å². The molecule has 0 bridgehead atoms. The first-order valence-corrected chi connectivity index (χ1v) is 7.14. The van der Waals surface area contributed by atoms with Crippen LogP contribution in [0.25, 0.3) is 11.1 Å². The molecule has 2 N–H and O–H groups in total. The number of nitro benzene ring substituents is 1. The van der Waals surface area contributed by atoms with Crippen molar-refractivity contribution in [1.29, 1.82) is 0 Å². The number of fused-ring (bicyclic) bond motifs is 1. The molecule has 1 aromatic carbocycles. The molecule has 3 rings (SSSR count). The van der Waals surface area contributed by atoms with Gasteiger partial charge in [-0.3, -0.25) is 10.1 Å². The smallest absolute Gasteiger partial charge is 0.295 e. The number of benzene rings is 1. The topological polar surface area (TPSA) is 93.2 Å². The van der Waals surface area contributed by atoms with Gasteiger partial charge >= 0.3 is 0 Å². The number of aromatic nitrogens is 1. The SMILES string of the molecule is CNC1CCC(Nc2nc3ccc([N+](=O)[O-])cc3o2)CC1. The zero-order valence-corrected chi connectivity index (χ0v) is 11.8. The highest BCUT2D eigenvalue weighted by molar-refractivity contribution is 5.77. The summed E-state index contributed by atoms with van der Waals surface area (Å²) in [5, 5.41) is 17.3. The van der Waals surface area contributed by atoms with E-state index in [1.54, 1.807) is 6.07 Å². The Hall–Kier alpha value is -2.15. The minimum absolute atomic E-state index is 0.0136. The van der Waals surface area contributed by atoms with Gasteiger partial charge in [0.05, 0.1) is 11.0 Å². The van der Waals surface area contributed by atoms with Crippen molar-refractivity contribution in [1.82, 2.24) is 10.3 Å². The van der Waals surface area contributed by atoms with E-state index in [4.69, 9.17) is 4.42 Å². The van der Waals surface area contributed by atoms with Crippen LogP contribution in [0.15, 0.2) is 22.6 Å². The highest BCUT2D eigenvalue weighted by atomic mass is 16.6. The summed E-state index contributed by atoms with van der Waals surface area (Å²) in [6, 6.07) is 5.84. The number of hydrogen-bond acceptors (Lipinski definition) is 6. The van der Waals surface area contributed by atoms with Gasteiger partial charge in [0, 0.05) is 18.2 Å². The number of nitro groups is 1. The largest absolute Gasteiger partial charge is 0.423 e. The van der Waals surface area contributed by atoms with E-state index in [-0.39, 0.29) is 5.69 Å². The van der Waals surface area contributed by atoms with Crippen molar-refractivity contribution in [2.45, 2.75) is 37.8 Å². The molecule has 7 nitrogen and oxygen atoms in total. The molecule has 21 heavy (non-hydrogen) atoms. The van der Waals surface area contributed by atoms with Crippen molar-refractivity contribution in [2.24, 2.45) is 0 Å². The summed E-state index contributed by atoms with van der Waals surface area (Å²) < 4.78 is 5.57.